The van der Waals surface area contributed by atoms with E-state index < -0.39 is 23.0 Å². The molecule has 3 atom stereocenters. The number of carboxylic acids is 1. The predicted molar refractivity (Wildman–Crippen MR) is 91.8 cm³/mol. The Morgan fingerprint density at radius 1 is 1.29 bits per heavy atom. The first-order chi connectivity index (χ1) is 11.3. The molecule has 2 rings (SSSR count). The highest BCUT2D eigenvalue weighted by molar-refractivity contribution is 8.00. The second-order valence-electron chi connectivity index (χ2n) is 6.24. The molecule has 1 aromatic carbocycles. The number of carbonyl (C=O) groups is 3. The van der Waals surface area contributed by atoms with Gasteiger partial charge in [-0.15, -0.1) is 11.8 Å². The van der Waals surface area contributed by atoms with Gasteiger partial charge in [-0.2, -0.15) is 0 Å². The third-order valence-corrected chi connectivity index (χ3v) is 5.31. The van der Waals surface area contributed by atoms with E-state index in [2.05, 4.69) is 0 Å². The van der Waals surface area contributed by atoms with Gasteiger partial charge in [0.1, 0.15) is 0 Å². The third kappa shape index (κ3) is 4.29. The monoisotopic (exact) mass is 350 g/mol. The van der Waals surface area contributed by atoms with E-state index in [1.165, 1.54) is 11.8 Å². The quantitative estimate of drug-likeness (QED) is 0.789. The minimum atomic E-state index is -0.871. The van der Waals surface area contributed by atoms with Crippen LogP contribution in [0.2, 0.25) is 0 Å². The summed E-state index contributed by atoms with van der Waals surface area (Å²) in [4.78, 5) is 37.8. The van der Waals surface area contributed by atoms with Crippen LogP contribution < -0.4 is 5.73 Å². The van der Waals surface area contributed by atoms with Crippen LogP contribution in [-0.4, -0.2) is 46.1 Å². The van der Waals surface area contributed by atoms with Gasteiger partial charge in [0.25, 0.3) is 5.91 Å². The topological polar surface area (TPSA) is 101 Å². The van der Waals surface area contributed by atoms with E-state index in [1.54, 1.807) is 36.1 Å². The molecule has 1 saturated heterocycles. The van der Waals surface area contributed by atoms with Gasteiger partial charge in [0.05, 0.1) is 16.7 Å². The first-order valence-corrected chi connectivity index (χ1v) is 8.74. The molecule has 0 aromatic heterocycles. The van der Waals surface area contributed by atoms with Gasteiger partial charge < -0.3 is 15.7 Å². The number of nitrogens with two attached hydrogens (primary N) is 1. The lowest BCUT2D eigenvalue weighted by atomic mass is 9.90. The van der Waals surface area contributed by atoms with Crippen LogP contribution in [0.3, 0.4) is 0 Å². The fourth-order valence-corrected chi connectivity index (χ4v) is 3.80. The van der Waals surface area contributed by atoms with Gasteiger partial charge in [0, 0.05) is 18.0 Å². The molecule has 24 heavy (non-hydrogen) atoms. The van der Waals surface area contributed by atoms with E-state index in [4.69, 9.17) is 5.73 Å². The van der Waals surface area contributed by atoms with Crippen molar-refractivity contribution in [3.05, 3.63) is 29.8 Å². The highest BCUT2D eigenvalue weighted by atomic mass is 32.2. The number of hydrogen-bond acceptors (Lipinski definition) is 4. The van der Waals surface area contributed by atoms with E-state index in [-0.39, 0.29) is 18.4 Å². The summed E-state index contributed by atoms with van der Waals surface area (Å²) >= 11 is 1.24. The fourth-order valence-electron chi connectivity index (χ4n) is 2.86. The molecule has 0 bridgehead atoms. The smallest absolute Gasteiger partial charge is 0.308 e. The van der Waals surface area contributed by atoms with Gasteiger partial charge in [0.2, 0.25) is 5.91 Å². The normalized spacial score (nSPS) is 22.0. The average Bonchev–Trinajstić information content (AvgIpc) is 2.54. The number of nitrogens with zero attached hydrogens (tertiary/aromatic N) is 1. The van der Waals surface area contributed by atoms with Crippen LogP contribution in [0.25, 0.3) is 0 Å². The van der Waals surface area contributed by atoms with E-state index in [1.807, 2.05) is 6.92 Å². The van der Waals surface area contributed by atoms with E-state index in [9.17, 15) is 19.5 Å². The van der Waals surface area contributed by atoms with Crippen LogP contribution in [-0.2, 0) is 9.59 Å². The number of piperidine rings is 1. The molecule has 0 radical (unpaired) electrons. The summed E-state index contributed by atoms with van der Waals surface area (Å²) in [6, 6.07) is 7.03. The molecule has 0 spiro atoms. The van der Waals surface area contributed by atoms with Crippen LogP contribution in [0.4, 0.5) is 0 Å². The number of likely N-dealkylation sites (tertiary alicyclic amines) is 1. The van der Waals surface area contributed by atoms with E-state index >= 15 is 0 Å². The molecule has 7 heteroatoms. The SMILES string of the molecule is CC1CC(C(=O)O)CN(C(=O)c2ccccc2SC(C)C(N)=O)C1. The second kappa shape index (κ2) is 7.70. The number of rotatable bonds is 5. The van der Waals surface area contributed by atoms with Crippen molar-refractivity contribution in [2.75, 3.05) is 13.1 Å². The van der Waals surface area contributed by atoms with Crippen LogP contribution in [0.15, 0.2) is 29.2 Å². The highest BCUT2D eigenvalue weighted by Crippen LogP contribution is 2.29. The molecule has 1 fully saturated rings. The minimum Gasteiger partial charge on any atom is -0.481 e. The van der Waals surface area contributed by atoms with Crippen molar-refractivity contribution in [3.8, 4) is 0 Å². The zero-order valence-corrected chi connectivity index (χ0v) is 14.6. The van der Waals surface area contributed by atoms with Crippen LogP contribution in [0.5, 0.6) is 0 Å². The second-order valence-corrected chi connectivity index (χ2v) is 7.63. The van der Waals surface area contributed by atoms with Crippen LogP contribution >= 0.6 is 11.8 Å². The van der Waals surface area contributed by atoms with Gasteiger partial charge in [0.15, 0.2) is 0 Å². The Bertz CT molecular complexity index is 649. The molecule has 3 unspecified atom stereocenters. The average molecular weight is 350 g/mol. The van der Waals surface area contributed by atoms with Crippen molar-refractivity contribution < 1.29 is 19.5 Å². The van der Waals surface area contributed by atoms with Crippen molar-refractivity contribution in [1.29, 1.82) is 0 Å². The summed E-state index contributed by atoms with van der Waals surface area (Å²) in [5.41, 5.74) is 5.78. The van der Waals surface area contributed by atoms with E-state index in [0.717, 1.165) is 0 Å². The fraction of sp³-hybridized carbons (Fsp3) is 0.471. The third-order valence-electron chi connectivity index (χ3n) is 4.12. The van der Waals surface area contributed by atoms with Crippen molar-refractivity contribution in [2.45, 2.75) is 30.4 Å². The summed E-state index contributed by atoms with van der Waals surface area (Å²) in [7, 11) is 0. The number of benzene rings is 1. The van der Waals surface area contributed by atoms with Gasteiger partial charge >= 0.3 is 5.97 Å². The molecule has 0 saturated carbocycles. The standard InChI is InChI=1S/C17H22N2O4S/c1-10-7-12(17(22)23)9-19(8-10)16(21)13-5-3-4-6-14(13)24-11(2)15(18)20/h3-6,10-12H,7-9H2,1-2H3,(H2,18,20)(H,22,23). The zero-order valence-electron chi connectivity index (χ0n) is 13.8. The summed E-state index contributed by atoms with van der Waals surface area (Å²) < 4.78 is 0. The molecular formula is C17H22N2O4S. The van der Waals surface area contributed by atoms with Gasteiger partial charge in [-0.3, -0.25) is 14.4 Å². The molecule has 0 aliphatic carbocycles. The first-order valence-electron chi connectivity index (χ1n) is 7.86. The Morgan fingerprint density at radius 3 is 2.58 bits per heavy atom. The maximum absolute atomic E-state index is 12.9. The molecule has 1 heterocycles. The number of carbonyl (C=O) groups excluding carboxylic acids is 2. The number of primary amides is 1. The Kier molecular flexibility index (Phi) is 5.88. The molecular weight excluding hydrogens is 328 g/mol. The summed E-state index contributed by atoms with van der Waals surface area (Å²) in [6.45, 7) is 4.39. The lowest BCUT2D eigenvalue weighted by Crippen LogP contribution is -2.45. The zero-order chi connectivity index (χ0) is 17.9. The van der Waals surface area contributed by atoms with Crippen molar-refractivity contribution in [1.82, 2.24) is 4.90 Å². The highest BCUT2D eigenvalue weighted by Gasteiger charge is 2.33. The number of thioether (sulfide) groups is 1. The largest absolute Gasteiger partial charge is 0.481 e. The Balaban J connectivity index is 2.23. The molecule has 1 aliphatic heterocycles. The lowest BCUT2D eigenvalue weighted by Gasteiger charge is -2.35. The molecule has 2 amide bonds. The van der Waals surface area contributed by atoms with Crippen LogP contribution in [0, 0.1) is 11.8 Å². The van der Waals surface area contributed by atoms with Crippen molar-refractivity contribution >= 4 is 29.5 Å². The molecule has 130 valence electrons. The summed E-state index contributed by atoms with van der Waals surface area (Å²) in [6.07, 6.45) is 0.578. The van der Waals surface area contributed by atoms with Crippen molar-refractivity contribution in [2.24, 2.45) is 17.6 Å². The van der Waals surface area contributed by atoms with Crippen LogP contribution in [0.1, 0.15) is 30.6 Å². The molecule has 3 N–H and O–H groups in total. The lowest BCUT2D eigenvalue weighted by molar-refractivity contribution is -0.143. The molecule has 6 nitrogen and oxygen atoms in total. The minimum absolute atomic E-state index is 0.133. The van der Waals surface area contributed by atoms with E-state index in [0.29, 0.717) is 23.4 Å². The number of carboxylic acid groups (broad SMARTS) is 1. The Hall–Kier alpha value is -2.02. The predicted octanol–water partition coefficient (Wildman–Crippen LogP) is 1.84. The maximum Gasteiger partial charge on any atom is 0.308 e. The van der Waals surface area contributed by atoms with Gasteiger partial charge in [-0.25, -0.2) is 0 Å². The molecule has 1 aliphatic rings. The van der Waals surface area contributed by atoms with Crippen molar-refractivity contribution in [3.63, 3.8) is 0 Å². The molecule has 1 aromatic rings. The summed E-state index contributed by atoms with van der Waals surface area (Å²) in [5.74, 6) is -1.92. The summed E-state index contributed by atoms with van der Waals surface area (Å²) in [5, 5.41) is 8.81. The van der Waals surface area contributed by atoms with Gasteiger partial charge in [-0.1, -0.05) is 19.1 Å². The maximum atomic E-state index is 12.9. The Labute approximate surface area is 145 Å². The Morgan fingerprint density at radius 2 is 1.96 bits per heavy atom. The number of aliphatic carboxylic acids is 1. The first kappa shape index (κ1) is 18.3. The number of hydrogen-bond donors (Lipinski definition) is 2. The number of amides is 2. The van der Waals surface area contributed by atoms with Gasteiger partial charge in [-0.05, 0) is 31.4 Å².